The van der Waals surface area contributed by atoms with E-state index in [-0.39, 0.29) is 17.4 Å². The predicted octanol–water partition coefficient (Wildman–Crippen LogP) is 4.03. The van der Waals surface area contributed by atoms with Gasteiger partial charge in [-0.15, -0.1) is 11.8 Å². The van der Waals surface area contributed by atoms with E-state index < -0.39 is 5.63 Å². The van der Waals surface area contributed by atoms with Crippen molar-refractivity contribution in [2.45, 2.75) is 10.6 Å². The zero-order valence-corrected chi connectivity index (χ0v) is 13.9. The number of aromatic hydroxyl groups is 1. The molecule has 0 saturated heterocycles. The summed E-state index contributed by atoms with van der Waals surface area (Å²) in [5.74, 6) is 2.16. The molecule has 0 amide bonds. The Balaban J connectivity index is 1.56. The summed E-state index contributed by atoms with van der Waals surface area (Å²) >= 11 is 1.22. The molecule has 0 spiro atoms. The molecule has 5 nitrogen and oxygen atoms in total. The Labute approximate surface area is 147 Å². The fourth-order valence-corrected chi connectivity index (χ4v) is 3.39. The fourth-order valence-electron chi connectivity index (χ4n) is 2.53. The van der Waals surface area contributed by atoms with Crippen LogP contribution in [0.4, 0.5) is 0 Å². The molecule has 6 heteroatoms. The van der Waals surface area contributed by atoms with Gasteiger partial charge in [-0.1, -0.05) is 36.4 Å². The maximum atomic E-state index is 12.3. The van der Waals surface area contributed by atoms with Crippen LogP contribution >= 0.6 is 11.8 Å². The third kappa shape index (κ3) is 3.21. The molecule has 3 aromatic rings. The molecule has 0 fully saturated rings. The van der Waals surface area contributed by atoms with Crippen molar-refractivity contribution in [3.8, 4) is 28.6 Å². The lowest BCUT2D eigenvalue weighted by atomic mass is 10.1. The van der Waals surface area contributed by atoms with Gasteiger partial charge in [0.25, 0.3) is 0 Å². The molecule has 0 aliphatic carbocycles. The molecule has 126 valence electrons. The molecule has 1 aliphatic heterocycles. The zero-order chi connectivity index (χ0) is 17.2. The van der Waals surface area contributed by atoms with Crippen LogP contribution in [0.3, 0.4) is 0 Å². The second-order valence-electron chi connectivity index (χ2n) is 5.45. The first-order chi connectivity index (χ1) is 12.2. The van der Waals surface area contributed by atoms with Crippen molar-refractivity contribution < 1.29 is 19.0 Å². The average Bonchev–Trinajstić information content (AvgIpc) is 3.09. The van der Waals surface area contributed by atoms with Crippen LogP contribution in [0.2, 0.25) is 0 Å². The van der Waals surface area contributed by atoms with E-state index in [0.717, 1.165) is 11.1 Å². The van der Waals surface area contributed by atoms with Gasteiger partial charge in [-0.3, -0.25) is 0 Å². The maximum Gasteiger partial charge on any atom is 0.353 e. The molecule has 0 saturated carbocycles. The predicted molar refractivity (Wildman–Crippen MR) is 94.2 cm³/mol. The maximum absolute atomic E-state index is 12.3. The Morgan fingerprint density at radius 2 is 1.80 bits per heavy atom. The number of benzene rings is 2. The van der Waals surface area contributed by atoms with E-state index in [4.69, 9.17) is 13.9 Å². The molecule has 1 aromatic heterocycles. The molecule has 0 radical (unpaired) electrons. The summed E-state index contributed by atoms with van der Waals surface area (Å²) in [6, 6.07) is 16.3. The average molecular weight is 354 g/mol. The highest BCUT2D eigenvalue weighted by molar-refractivity contribution is 7.98. The summed E-state index contributed by atoms with van der Waals surface area (Å²) in [7, 11) is 0. The molecule has 4 rings (SSSR count). The van der Waals surface area contributed by atoms with Gasteiger partial charge in [0.1, 0.15) is 16.4 Å². The summed E-state index contributed by atoms with van der Waals surface area (Å²) in [6.45, 7) is 0.219. The lowest BCUT2D eigenvalue weighted by Crippen LogP contribution is -2.03. The minimum atomic E-state index is -0.551. The molecule has 25 heavy (non-hydrogen) atoms. The number of ether oxygens (including phenoxy) is 2. The first kappa shape index (κ1) is 15.7. The molecular weight excluding hydrogens is 340 g/mol. The molecule has 0 atom stereocenters. The second kappa shape index (κ2) is 6.57. The smallest absolute Gasteiger partial charge is 0.353 e. The highest BCUT2D eigenvalue weighted by atomic mass is 32.2. The largest absolute Gasteiger partial charge is 0.506 e. The number of fused-ring (bicyclic) bond motifs is 1. The summed E-state index contributed by atoms with van der Waals surface area (Å²) in [6.07, 6.45) is 0. The SMILES string of the molecule is O=c1oc(-c2ccccc2)cc(O)c1SCc1ccc2c(c1)OCO2. The Hall–Kier alpha value is -2.86. The topological polar surface area (TPSA) is 68.9 Å². The van der Waals surface area contributed by atoms with Crippen LogP contribution in [0.25, 0.3) is 11.3 Å². The minimum absolute atomic E-state index is 0.0825. The monoisotopic (exact) mass is 354 g/mol. The van der Waals surface area contributed by atoms with Gasteiger partial charge < -0.3 is 19.0 Å². The molecule has 1 aliphatic rings. The third-order valence-corrected chi connectivity index (χ3v) is 4.91. The van der Waals surface area contributed by atoms with E-state index >= 15 is 0 Å². The van der Waals surface area contributed by atoms with E-state index in [1.54, 1.807) is 0 Å². The number of rotatable bonds is 4. The number of thioether (sulfide) groups is 1. The normalized spacial score (nSPS) is 12.3. The summed E-state index contributed by atoms with van der Waals surface area (Å²) < 4.78 is 16.0. The number of hydrogen-bond donors (Lipinski definition) is 1. The van der Waals surface area contributed by atoms with Crippen LogP contribution < -0.4 is 15.1 Å². The molecule has 0 unspecified atom stereocenters. The van der Waals surface area contributed by atoms with E-state index in [9.17, 15) is 9.90 Å². The van der Waals surface area contributed by atoms with Gasteiger partial charge in [-0.2, -0.15) is 0 Å². The first-order valence-electron chi connectivity index (χ1n) is 7.64. The van der Waals surface area contributed by atoms with E-state index in [2.05, 4.69) is 0 Å². The first-order valence-corrected chi connectivity index (χ1v) is 8.63. The van der Waals surface area contributed by atoms with Crippen molar-refractivity contribution in [1.82, 2.24) is 0 Å². The lowest BCUT2D eigenvalue weighted by Gasteiger charge is -2.06. The molecule has 2 heterocycles. The van der Waals surface area contributed by atoms with E-state index in [1.807, 2.05) is 48.5 Å². The third-order valence-electron chi connectivity index (χ3n) is 3.77. The van der Waals surface area contributed by atoms with Crippen molar-refractivity contribution in [2.75, 3.05) is 6.79 Å². The Morgan fingerprint density at radius 1 is 1.00 bits per heavy atom. The van der Waals surface area contributed by atoms with Crippen molar-refractivity contribution >= 4 is 11.8 Å². The van der Waals surface area contributed by atoms with E-state index in [0.29, 0.717) is 23.0 Å². The van der Waals surface area contributed by atoms with Crippen LogP contribution in [-0.2, 0) is 5.75 Å². The van der Waals surface area contributed by atoms with Gasteiger partial charge in [-0.05, 0) is 17.7 Å². The van der Waals surface area contributed by atoms with Gasteiger partial charge in [-0.25, -0.2) is 4.79 Å². The quantitative estimate of drug-likeness (QED) is 0.713. The van der Waals surface area contributed by atoms with Gasteiger partial charge >= 0.3 is 5.63 Å². The van der Waals surface area contributed by atoms with Gasteiger partial charge in [0.15, 0.2) is 11.5 Å². The summed E-state index contributed by atoms with van der Waals surface area (Å²) in [5.41, 5.74) is 1.15. The number of hydrogen-bond acceptors (Lipinski definition) is 6. The van der Waals surface area contributed by atoms with Crippen LogP contribution in [0.5, 0.6) is 17.2 Å². The lowest BCUT2D eigenvalue weighted by molar-refractivity contribution is 0.174. The Morgan fingerprint density at radius 3 is 2.60 bits per heavy atom. The van der Waals surface area contributed by atoms with Crippen LogP contribution in [0.1, 0.15) is 5.56 Å². The highest BCUT2D eigenvalue weighted by Crippen LogP contribution is 2.36. The summed E-state index contributed by atoms with van der Waals surface area (Å²) in [5, 5.41) is 10.2. The van der Waals surface area contributed by atoms with Gasteiger partial charge in [0.2, 0.25) is 6.79 Å². The van der Waals surface area contributed by atoms with E-state index in [1.165, 1.54) is 17.8 Å². The van der Waals surface area contributed by atoms with Crippen LogP contribution in [0.15, 0.2) is 68.7 Å². The molecule has 2 aromatic carbocycles. The van der Waals surface area contributed by atoms with Gasteiger partial charge in [0, 0.05) is 17.4 Å². The Bertz CT molecular complexity index is 965. The van der Waals surface area contributed by atoms with Crippen molar-refractivity contribution in [1.29, 1.82) is 0 Å². The van der Waals surface area contributed by atoms with Crippen molar-refractivity contribution in [3.05, 3.63) is 70.6 Å². The molecule has 0 bridgehead atoms. The Kier molecular flexibility index (Phi) is 4.11. The molecular formula is C19H14O5S. The zero-order valence-electron chi connectivity index (χ0n) is 13.1. The summed E-state index contributed by atoms with van der Waals surface area (Å²) in [4.78, 5) is 12.4. The van der Waals surface area contributed by atoms with Crippen LogP contribution in [-0.4, -0.2) is 11.9 Å². The van der Waals surface area contributed by atoms with Crippen LogP contribution in [0, 0.1) is 0 Å². The second-order valence-corrected chi connectivity index (χ2v) is 6.44. The minimum Gasteiger partial charge on any atom is -0.506 e. The van der Waals surface area contributed by atoms with Crippen molar-refractivity contribution in [3.63, 3.8) is 0 Å². The van der Waals surface area contributed by atoms with Crippen molar-refractivity contribution in [2.24, 2.45) is 0 Å². The highest BCUT2D eigenvalue weighted by Gasteiger charge is 2.16. The standard InChI is InChI=1S/C19H14O5S/c20-14-9-16(13-4-2-1-3-5-13)24-19(21)18(14)25-10-12-6-7-15-17(8-12)23-11-22-15/h1-9,20H,10-11H2. The fraction of sp³-hybridized carbons (Fsp3) is 0.105. The molecule has 1 N–H and O–H groups in total. The van der Waals surface area contributed by atoms with Gasteiger partial charge in [0.05, 0.1) is 0 Å².